The SMILES string of the molecule is CCCCC(CC)Cc1ccc2c(nnn2CC(CC)CCCC)c1C. The maximum absolute atomic E-state index is 4.55. The summed E-state index contributed by atoms with van der Waals surface area (Å²) >= 11 is 0. The van der Waals surface area contributed by atoms with E-state index in [9.17, 15) is 0 Å². The van der Waals surface area contributed by atoms with E-state index in [-0.39, 0.29) is 0 Å². The van der Waals surface area contributed by atoms with E-state index in [2.05, 4.69) is 61.7 Å². The second kappa shape index (κ2) is 10.7. The molecule has 1 heterocycles. The second-order valence-electron chi connectivity index (χ2n) is 8.03. The van der Waals surface area contributed by atoms with Crippen LogP contribution in [0.15, 0.2) is 12.1 Å². The van der Waals surface area contributed by atoms with Crippen molar-refractivity contribution in [2.24, 2.45) is 11.8 Å². The Morgan fingerprint density at radius 2 is 1.58 bits per heavy atom. The molecule has 0 saturated carbocycles. The van der Waals surface area contributed by atoms with E-state index in [0.29, 0.717) is 5.92 Å². The number of fused-ring (bicyclic) bond motifs is 1. The smallest absolute Gasteiger partial charge is 0.116 e. The summed E-state index contributed by atoms with van der Waals surface area (Å²) in [5.74, 6) is 1.50. The molecule has 0 radical (unpaired) electrons. The minimum atomic E-state index is 0.707. The molecular formula is C23H39N3. The van der Waals surface area contributed by atoms with Crippen LogP contribution in [-0.2, 0) is 13.0 Å². The van der Waals surface area contributed by atoms with Crippen LogP contribution < -0.4 is 0 Å². The molecule has 0 aliphatic carbocycles. The van der Waals surface area contributed by atoms with Crippen LogP contribution in [0.3, 0.4) is 0 Å². The topological polar surface area (TPSA) is 30.7 Å². The third-order valence-corrected chi connectivity index (χ3v) is 6.08. The summed E-state index contributed by atoms with van der Waals surface area (Å²) in [6.45, 7) is 12.4. The van der Waals surface area contributed by atoms with Crippen molar-refractivity contribution in [2.75, 3.05) is 0 Å². The summed E-state index contributed by atoms with van der Waals surface area (Å²) in [4.78, 5) is 0. The first-order valence-corrected chi connectivity index (χ1v) is 11.0. The lowest BCUT2D eigenvalue weighted by molar-refractivity contribution is 0.373. The number of aromatic nitrogens is 3. The number of unbranched alkanes of at least 4 members (excludes halogenated alkanes) is 2. The molecule has 0 aliphatic heterocycles. The van der Waals surface area contributed by atoms with Crippen molar-refractivity contribution in [2.45, 2.75) is 99.0 Å². The fraction of sp³-hybridized carbons (Fsp3) is 0.739. The van der Waals surface area contributed by atoms with Gasteiger partial charge in [0.25, 0.3) is 0 Å². The third kappa shape index (κ3) is 5.31. The molecule has 0 aliphatic rings. The number of hydrogen-bond acceptors (Lipinski definition) is 2. The predicted octanol–water partition coefficient (Wildman–Crippen LogP) is 6.72. The van der Waals surface area contributed by atoms with Crippen molar-refractivity contribution in [3.05, 3.63) is 23.3 Å². The van der Waals surface area contributed by atoms with Crippen molar-refractivity contribution in [1.82, 2.24) is 15.0 Å². The molecule has 0 fully saturated rings. The Balaban J connectivity index is 2.17. The quantitative estimate of drug-likeness (QED) is 0.422. The Morgan fingerprint density at radius 3 is 2.19 bits per heavy atom. The molecule has 0 saturated heterocycles. The molecule has 0 spiro atoms. The average molecular weight is 358 g/mol. The van der Waals surface area contributed by atoms with E-state index in [1.54, 1.807) is 0 Å². The summed E-state index contributed by atoms with van der Waals surface area (Å²) in [6.07, 6.45) is 11.5. The molecule has 2 aromatic rings. The summed E-state index contributed by atoms with van der Waals surface area (Å²) in [5, 5.41) is 9.06. The summed E-state index contributed by atoms with van der Waals surface area (Å²) in [6, 6.07) is 4.59. The lowest BCUT2D eigenvalue weighted by atomic mass is 9.90. The van der Waals surface area contributed by atoms with Gasteiger partial charge >= 0.3 is 0 Å². The van der Waals surface area contributed by atoms with Crippen molar-refractivity contribution in [3.8, 4) is 0 Å². The van der Waals surface area contributed by atoms with Crippen molar-refractivity contribution in [3.63, 3.8) is 0 Å². The Bertz CT molecular complexity index is 659. The van der Waals surface area contributed by atoms with E-state index >= 15 is 0 Å². The molecule has 2 atom stereocenters. The minimum absolute atomic E-state index is 0.707. The first kappa shape index (κ1) is 20.9. The van der Waals surface area contributed by atoms with E-state index in [1.807, 2.05) is 0 Å². The van der Waals surface area contributed by atoms with Gasteiger partial charge in [-0.2, -0.15) is 0 Å². The molecular weight excluding hydrogens is 318 g/mol. The van der Waals surface area contributed by atoms with Crippen molar-refractivity contribution in [1.29, 1.82) is 0 Å². The normalized spacial score (nSPS) is 14.0. The predicted molar refractivity (Wildman–Crippen MR) is 113 cm³/mol. The van der Waals surface area contributed by atoms with Gasteiger partial charge in [-0.1, -0.05) is 83.9 Å². The van der Waals surface area contributed by atoms with Crippen LogP contribution in [-0.4, -0.2) is 15.0 Å². The highest BCUT2D eigenvalue weighted by molar-refractivity contribution is 5.79. The van der Waals surface area contributed by atoms with E-state index in [1.165, 1.54) is 74.4 Å². The molecule has 3 heteroatoms. The fourth-order valence-electron chi connectivity index (χ4n) is 3.98. The van der Waals surface area contributed by atoms with Crippen LogP contribution in [0.1, 0.15) is 90.2 Å². The van der Waals surface area contributed by atoms with Gasteiger partial charge in [0, 0.05) is 6.54 Å². The second-order valence-corrected chi connectivity index (χ2v) is 8.03. The number of nitrogens with zero attached hydrogens (tertiary/aromatic N) is 3. The zero-order valence-electron chi connectivity index (χ0n) is 17.7. The van der Waals surface area contributed by atoms with Gasteiger partial charge in [-0.15, -0.1) is 5.10 Å². The summed E-state index contributed by atoms with van der Waals surface area (Å²) in [5.41, 5.74) is 5.12. The molecule has 2 unspecified atom stereocenters. The Morgan fingerprint density at radius 1 is 0.923 bits per heavy atom. The third-order valence-electron chi connectivity index (χ3n) is 6.08. The zero-order valence-corrected chi connectivity index (χ0v) is 17.7. The van der Waals surface area contributed by atoms with Crippen LogP contribution in [0.4, 0.5) is 0 Å². The molecule has 146 valence electrons. The lowest BCUT2D eigenvalue weighted by Gasteiger charge is -2.17. The molecule has 1 aromatic carbocycles. The van der Waals surface area contributed by atoms with E-state index < -0.39 is 0 Å². The maximum atomic E-state index is 4.55. The van der Waals surface area contributed by atoms with Crippen molar-refractivity contribution < 1.29 is 0 Å². The number of aryl methyl sites for hydroxylation is 1. The lowest BCUT2D eigenvalue weighted by Crippen LogP contribution is -2.11. The largest absolute Gasteiger partial charge is 0.244 e. The Labute approximate surface area is 160 Å². The highest BCUT2D eigenvalue weighted by Crippen LogP contribution is 2.26. The maximum Gasteiger partial charge on any atom is 0.116 e. The number of hydrogen-bond donors (Lipinski definition) is 0. The van der Waals surface area contributed by atoms with Crippen LogP contribution in [0.25, 0.3) is 11.0 Å². The molecule has 0 bridgehead atoms. The zero-order chi connectivity index (χ0) is 18.9. The van der Waals surface area contributed by atoms with Gasteiger partial charge in [-0.3, -0.25) is 0 Å². The molecule has 0 N–H and O–H groups in total. The van der Waals surface area contributed by atoms with Crippen molar-refractivity contribution >= 4 is 11.0 Å². The van der Waals surface area contributed by atoms with Gasteiger partial charge in [0.05, 0.1) is 5.52 Å². The van der Waals surface area contributed by atoms with Gasteiger partial charge < -0.3 is 0 Å². The molecule has 1 aromatic heterocycles. The van der Waals surface area contributed by atoms with Crippen LogP contribution >= 0.6 is 0 Å². The fourth-order valence-corrected chi connectivity index (χ4v) is 3.98. The molecule has 26 heavy (non-hydrogen) atoms. The minimum Gasteiger partial charge on any atom is -0.244 e. The monoisotopic (exact) mass is 357 g/mol. The highest BCUT2D eigenvalue weighted by Gasteiger charge is 2.15. The molecule has 3 nitrogen and oxygen atoms in total. The van der Waals surface area contributed by atoms with Crippen LogP contribution in [0, 0.1) is 18.8 Å². The van der Waals surface area contributed by atoms with Crippen LogP contribution in [0.5, 0.6) is 0 Å². The summed E-state index contributed by atoms with van der Waals surface area (Å²) in [7, 11) is 0. The summed E-state index contributed by atoms with van der Waals surface area (Å²) < 4.78 is 2.14. The highest BCUT2D eigenvalue weighted by atomic mass is 15.4. The first-order valence-electron chi connectivity index (χ1n) is 11.0. The molecule has 0 amide bonds. The van der Waals surface area contributed by atoms with Crippen LogP contribution in [0.2, 0.25) is 0 Å². The Hall–Kier alpha value is -1.38. The van der Waals surface area contributed by atoms with Gasteiger partial charge in [-0.05, 0) is 48.8 Å². The Kier molecular flexibility index (Phi) is 8.61. The van der Waals surface area contributed by atoms with Gasteiger partial charge in [0.15, 0.2) is 0 Å². The van der Waals surface area contributed by atoms with Gasteiger partial charge in [0.2, 0.25) is 0 Å². The van der Waals surface area contributed by atoms with E-state index in [4.69, 9.17) is 0 Å². The van der Waals surface area contributed by atoms with Gasteiger partial charge in [0.1, 0.15) is 5.52 Å². The van der Waals surface area contributed by atoms with E-state index in [0.717, 1.165) is 18.0 Å². The number of benzene rings is 1. The molecule has 2 rings (SSSR count). The van der Waals surface area contributed by atoms with Gasteiger partial charge in [-0.25, -0.2) is 4.68 Å². The standard InChI is InChI=1S/C23H39N3/c1-6-10-12-19(8-3)16-21-14-15-22-23(18(21)5)24-25-26(22)17-20(9-4)13-11-7-2/h14-15,19-20H,6-13,16-17H2,1-5H3. The first-order chi connectivity index (χ1) is 12.6. The average Bonchev–Trinajstić information content (AvgIpc) is 3.07. The number of rotatable bonds is 12.